The van der Waals surface area contributed by atoms with Gasteiger partial charge in [-0.15, -0.1) is 0 Å². The van der Waals surface area contributed by atoms with Crippen LogP contribution in [0.5, 0.6) is 5.75 Å². The summed E-state index contributed by atoms with van der Waals surface area (Å²) in [6, 6.07) is 9.18. The van der Waals surface area contributed by atoms with Crippen LogP contribution in [0.15, 0.2) is 46.4 Å². The molecule has 0 bridgehead atoms. The molecule has 1 aliphatic rings. The Labute approximate surface area is 172 Å². The van der Waals surface area contributed by atoms with Crippen molar-refractivity contribution in [1.29, 1.82) is 0 Å². The van der Waals surface area contributed by atoms with Crippen LogP contribution >= 0.6 is 51.3 Å². The van der Waals surface area contributed by atoms with E-state index in [1.165, 1.54) is 18.2 Å². The number of benzene rings is 2. The van der Waals surface area contributed by atoms with Gasteiger partial charge in [0, 0.05) is 5.02 Å². The van der Waals surface area contributed by atoms with Crippen molar-refractivity contribution in [2.45, 2.75) is 0 Å². The van der Waals surface area contributed by atoms with Gasteiger partial charge < -0.3 is 5.11 Å². The van der Waals surface area contributed by atoms with E-state index in [1.54, 1.807) is 24.3 Å². The number of nitrogens with zero attached hydrogens (tertiary/aromatic N) is 1. The second-order valence-electron chi connectivity index (χ2n) is 5.26. The highest BCUT2D eigenvalue weighted by atomic mass is 79.9. The van der Waals surface area contributed by atoms with Crippen molar-refractivity contribution >= 4 is 80.0 Å². The molecule has 1 fully saturated rings. The lowest BCUT2D eigenvalue weighted by Gasteiger charge is -2.29. The zero-order valence-electron chi connectivity index (χ0n) is 12.8. The summed E-state index contributed by atoms with van der Waals surface area (Å²) < 4.78 is 0.434. The first-order valence-electron chi connectivity index (χ1n) is 7.13. The molecule has 2 N–H and O–H groups in total. The minimum atomic E-state index is -0.620. The normalized spacial score (nSPS) is 16.2. The molecule has 0 radical (unpaired) electrons. The molecule has 0 saturated carbocycles. The van der Waals surface area contributed by atoms with E-state index in [9.17, 15) is 14.7 Å². The largest absolute Gasteiger partial charge is 0.507 e. The number of hydrogen-bond donors (Lipinski definition) is 2. The highest BCUT2D eigenvalue weighted by Crippen LogP contribution is 2.32. The first kappa shape index (κ1) is 18.8. The van der Waals surface area contributed by atoms with Gasteiger partial charge in [0.2, 0.25) is 0 Å². The maximum atomic E-state index is 12.9. The molecule has 1 heterocycles. The Kier molecular flexibility index (Phi) is 5.34. The average Bonchev–Trinajstić information content (AvgIpc) is 2.56. The molecule has 2 aromatic rings. The molecule has 132 valence electrons. The van der Waals surface area contributed by atoms with Crippen molar-refractivity contribution in [3.63, 3.8) is 0 Å². The van der Waals surface area contributed by atoms with Crippen LogP contribution in [-0.4, -0.2) is 22.0 Å². The number of anilines is 1. The van der Waals surface area contributed by atoms with E-state index < -0.39 is 11.8 Å². The third kappa shape index (κ3) is 3.61. The molecule has 5 nitrogen and oxygen atoms in total. The standard InChI is InChI=1S/C17H9BrCl2N2O3S/c18-11-6-8(1-4-14(11)23)5-10-15(24)21-17(26)22(16(10)25)13-3-2-9(19)7-12(13)20/h1-7,23H,(H,21,24,26)/b10-5+. The maximum Gasteiger partial charge on any atom is 0.270 e. The van der Waals surface area contributed by atoms with Gasteiger partial charge in [-0.25, -0.2) is 0 Å². The SMILES string of the molecule is O=C1NC(=S)N(c2ccc(Cl)cc2Cl)C(=O)/C1=C/c1ccc(O)c(Br)c1. The number of amides is 2. The Morgan fingerprint density at radius 2 is 1.88 bits per heavy atom. The van der Waals surface area contributed by atoms with Gasteiger partial charge in [0.1, 0.15) is 11.3 Å². The lowest BCUT2D eigenvalue weighted by atomic mass is 10.1. The number of aromatic hydroxyl groups is 1. The van der Waals surface area contributed by atoms with Crippen LogP contribution in [0.25, 0.3) is 6.08 Å². The van der Waals surface area contributed by atoms with Gasteiger partial charge in [0.15, 0.2) is 5.11 Å². The van der Waals surface area contributed by atoms with Crippen molar-refractivity contribution in [2.75, 3.05) is 4.90 Å². The zero-order chi connectivity index (χ0) is 19.0. The Morgan fingerprint density at radius 3 is 2.54 bits per heavy atom. The second kappa shape index (κ2) is 7.36. The maximum absolute atomic E-state index is 12.9. The molecule has 0 aliphatic carbocycles. The first-order chi connectivity index (χ1) is 12.3. The predicted molar refractivity (Wildman–Crippen MR) is 108 cm³/mol. The molecule has 9 heteroatoms. The number of nitrogens with one attached hydrogen (secondary N) is 1. The summed E-state index contributed by atoms with van der Waals surface area (Å²) in [6.45, 7) is 0. The monoisotopic (exact) mass is 470 g/mol. The van der Waals surface area contributed by atoms with Crippen LogP contribution < -0.4 is 10.2 Å². The summed E-state index contributed by atoms with van der Waals surface area (Å²) in [5.41, 5.74) is 0.731. The van der Waals surface area contributed by atoms with Crippen LogP contribution in [0.4, 0.5) is 5.69 Å². The van der Waals surface area contributed by atoms with Crippen molar-refractivity contribution in [3.05, 3.63) is 62.1 Å². The lowest BCUT2D eigenvalue weighted by Crippen LogP contribution is -2.54. The fourth-order valence-electron chi connectivity index (χ4n) is 2.32. The van der Waals surface area contributed by atoms with E-state index in [1.807, 2.05) is 0 Å². The summed E-state index contributed by atoms with van der Waals surface area (Å²) in [5.74, 6) is -1.19. The van der Waals surface area contributed by atoms with Crippen molar-refractivity contribution < 1.29 is 14.7 Å². The van der Waals surface area contributed by atoms with Gasteiger partial charge in [0.05, 0.1) is 15.2 Å². The highest BCUT2D eigenvalue weighted by molar-refractivity contribution is 9.10. The molecular weight excluding hydrogens is 463 g/mol. The Balaban J connectivity index is 2.05. The molecule has 1 saturated heterocycles. The van der Waals surface area contributed by atoms with Gasteiger partial charge in [-0.3, -0.25) is 19.8 Å². The Hall–Kier alpha value is -1.93. The third-order valence-corrected chi connectivity index (χ3v) is 4.99. The summed E-state index contributed by atoms with van der Waals surface area (Å²) in [7, 11) is 0. The van der Waals surface area contributed by atoms with Crippen LogP contribution in [0.3, 0.4) is 0 Å². The Morgan fingerprint density at radius 1 is 1.15 bits per heavy atom. The van der Waals surface area contributed by atoms with Crippen LogP contribution in [0.1, 0.15) is 5.56 Å². The molecular formula is C17H9BrCl2N2O3S. The fraction of sp³-hybridized carbons (Fsp3) is 0. The van der Waals surface area contributed by atoms with Gasteiger partial charge in [-0.1, -0.05) is 29.3 Å². The summed E-state index contributed by atoms with van der Waals surface area (Å²) in [6.07, 6.45) is 1.40. The predicted octanol–water partition coefficient (Wildman–Crippen LogP) is 4.29. The van der Waals surface area contributed by atoms with Gasteiger partial charge in [-0.05, 0) is 70.1 Å². The van der Waals surface area contributed by atoms with Crippen molar-refractivity contribution in [2.24, 2.45) is 0 Å². The molecule has 2 amide bonds. The second-order valence-corrected chi connectivity index (χ2v) is 7.35. The van der Waals surface area contributed by atoms with Gasteiger partial charge in [0.25, 0.3) is 11.8 Å². The van der Waals surface area contributed by atoms with E-state index in [-0.39, 0.29) is 21.5 Å². The number of phenols is 1. The third-order valence-electron chi connectivity index (χ3n) is 3.54. The number of rotatable bonds is 2. The first-order valence-corrected chi connectivity index (χ1v) is 9.08. The zero-order valence-corrected chi connectivity index (χ0v) is 16.7. The van der Waals surface area contributed by atoms with Crippen LogP contribution in [-0.2, 0) is 9.59 Å². The summed E-state index contributed by atoms with van der Waals surface area (Å²) in [4.78, 5) is 26.3. The quantitative estimate of drug-likeness (QED) is 0.389. The van der Waals surface area contributed by atoms with E-state index >= 15 is 0 Å². The molecule has 0 atom stereocenters. The van der Waals surface area contributed by atoms with Gasteiger partial charge in [-0.2, -0.15) is 0 Å². The van der Waals surface area contributed by atoms with Crippen molar-refractivity contribution in [3.8, 4) is 5.75 Å². The number of thiocarbonyl (C=S) groups is 1. The molecule has 3 rings (SSSR count). The molecule has 0 spiro atoms. The van der Waals surface area contributed by atoms with E-state index in [0.29, 0.717) is 20.7 Å². The van der Waals surface area contributed by atoms with Crippen molar-refractivity contribution in [1.82, 2.24) is 5.32 Å². The van der Waals surface area contributed by atoms with Crippen LogP contribution in [0, 0.1) is 0 Å². The van der Waals surface area contributed by atoms with E-state index in [4.69, 9.17) is 35.4 Å². The van der Waals surface area contributed by atoms with Crippen LogP contribution in [0.2, 0.25) is 10.0 Å². The number of carbonyl (C=O) groups excluding carboxylic acids is 2. The molecule has 2 aromatic carbocycles. The average molecular weight is 472 g/mol. The summed E-state index contributed by atoms with van der Waals surface area (Å²) >= 11 is 20.4. The van der Waals surface area contributed by atoms with E-state index in [0.717, 1.165) is 4.90 Å². The lowest BCUT2D eigenvalue weighted by molar-refractivity contribution is -0.122. The Bertz CT molecular complexity index is 994. The molecule has 0 unspecified atom stereocenters. The minimum Gasteiger partial charge on any atom is -0.507 e. The summed E-state index contributed by atoms with van der Waals surface area (Å²) in [5, 5.41) is 12.6. The molecule has 26 heavy (non-hydrogen) atoms. The fourth-order valence-corrected chi connectivity index (χ4v) is 3.48. The number of halogens is 3. The van der Waals surface area contributed by atoms with E-state index in [2.05, 4.69) is 21.2 Å². The topological polar surface area (TPSA) is 69.6 Å². The number of phenolic OH excluding ortho intramolecular Hbond substituents is 1. The minimum absolute atomic E-state index is 0.0438. The van der Waals surface area contributed by atoms with Gasteiger partial charge >= 0.3 is 0 Å². The smallest absolute Gasteiger partial charge is 0.270 e. The highest BCUT2D eigenvalue weighted by Gasteiger charge is 2.35. The molecule has 0 aromatic heterocycles. The number of carbonyl (C=O) groups is 2. The molecule has 1 aliphatic heterocycles. The number of hydrogen-bond acceptors (Lipinski definition) is 4.